The SMILES string of the molecule is CC1CCN(c2ccc(C(=O)OCC(=O)Nc3ccc(F)c(F)c3F)cc2[N+](=O)[O-])CC1. The summed E-state index contributed by atoms with van der Waals surface area (Å²) >= 11 is 0. The van der Waals surface area contributed by atoms with Gasteiger partial charge in [0, 0.05) is 19.2 Å². The highest BCUT2D eigenvalue weighted by Crippen LogP contribution is 2.32. The molecule has 1 fully saturated rings. The summed E-state index contributed by atoms with van der Waals surface area (Å²) < 4.78 is 44.6. The topological polar surface area (TPSA) is 102 Å². The smallest absolute Gasteiger partial charge is 0.338 e. The molecule has 2 aromatic carbocycles. The molecule has 0 aromatic heterocycles. The first-order valence-corrected chi connectivity index (χ1v) is 9.81. The number of rotatable bonds is 6. The number of carbonyl (C=O) groups excluding carboxylic acids is 2. The van der Waals surface area contributed by atoms with Crippen LogP contribution in [0.4, 0.5) is 30.2 Å². The second-order valence-corrected chi connectivity index (χ2v) is 7.48. The van der Waals surface area contributed by atoms with Crippen molar-refractivity contribution in [1.82, 2.24) is 0 Å². The van der Waals surface area contributed by atoms with Crippen molar-refractivity contribution in [3.8, 4) is 0 Å². The first-order valence-electron chi connectivity index (χ1n) is 9.81. The summed E-state index contributed by atoms with van der Waals surface area (Å²) in [4.78, 5) is 36.9. The lowest BCUT2D eigenvalue weighted by molar-refractivity contribution is -0.384. The van der Waals surface area contributed by atoms with E-state index in [-0.39, 0.29) is 11.3 Å². The molecular formula is C21H20F3N3O5. The van der Waals surface area contributed by atoms with Gasteiger partial charge in [0.2, 0.25) is 0 Å². The average molecular weight is 451 g/mol. The zero-order valence-corrected chi connectivity index (χ0v) is 17.1. The molecule has 2 aromatic rings. The monoisotopic (exact) mass is 451 g/mol. The molecule has 1 heterocycles. The minimum atomic E-state index is -1.75. The van der Waals surface area contributed by atoms with Crippen molar-refractivity contribution in [3.05, 3.63) is 63.5 Å². The number of halogens is 3. The Kier molecular flexibility index (Phi) is 6.96. The first-order chi connectivity index (χ1) is 15.2. The number of nitro benzene ring substituents is 1. The summed E-state index contributed by atoms with van der Waals surface area (Å²) in [5.41, 5.74) is -0.634. The van der Waals surface area contributed by atoms with E-state index in [1.165, 1.54) is 12.1 Å². The second-order valence-electron chi connectivity index (χ2n) is 7.48. The van der Waals surface area contributed by atoms with E-state index in [1.54, 1.807) is 0 Å². The predicted molar refractivity (Wildman–Crippen MR) is 109 cm³/mol. The lowest BCUT2D eigenvalue weighted by Gasteiger charge is -2.31. The number of nitrogens with one attached hydrogen (secondary N) is 1. The Hall–Kier alpha value is -3.63. The van der Waals surface area contributed by atoms with Crippen molar-refractivity contribution in [1.29, 1.82) is 0 Å². The van der Waals surface area contributed by atoms with Crippen LogP contribution in [0.3, 0.4) is 0 Å². The molecule has 1 aliphatic rings. The van der Waals surface area contributed by atoms with E-state index in [4.69, 9.17) is 4.74 Å². The molecule has 3 rings (SSSR count). The van der Waals surface area contributed by atoms with Crippen molar-refractivity contribution >= 4 is 28.9 Å². The molecule has 8 nitrogen and oxygen atoms in total. The molecule has 0 unspecified atom stereocenters. The Morgan fingerprint density at radius 3 is 2.50 bits per heavy atom. The molecule has 0 saturated carbocycles. The minimum absolute atomic E-state index is 0.141. The van der Waals surface area contributed by atoms with Crippen LogP contribution < -0.4 is 10.2 Å². The van der Waals surface area contributed by atoms with Crippen molar-refractivity contribution in [2.45, 2.75) is 19.8 Å². The summed E-state index contributed by atoms with van der Waals surface area (Å²) in [6.07, 6.45) is 1.79. The van der Waals surface area contributed by atoms with Gasteiger partial charge in [0.1, 0.15) is 5.69 Å². The quantitative estimate of drug-likeness (QED) is 0.308. The van der Waals surface area contributed by atoms with Gasteiger partial charge < -0.3 is 15.0 Å². The Balaban J connectivity index is 1.66. The summed E-state index contributed by atoms with van der Waals surface area (Å²) in [6, 6.07) is 5.33. The molecule has 0 radical (unpaired) electrons. The second kappa shape index (κ2) is 9.67. The number of piperidine rings is 1. The molecule has 1 aliphatic heterocycles. The highest BCUT2D eigenvalue weighted by molar-refractivity contribution is 5.96. The Morgan fingerprint density at radius 2 is 1.84 bits per heavy atom. The fraction of sp³-hybridized carbons (Fsp3) is 0.333. The number of amides is 1. The number of benzene rings is 2. The van der Waals surface area contributed by atoms with E-state index in [0.29, 0.717) is 30.8 Å². The van der Waals surface area contributed by atoms with Crippen LogP contribution in [0, 0.1) is 33.5 Å². The van der Waals surface area contributed by atoms with E-state index < -0.39 is 46.5 Å². The molecular weight excluding hydrogens is 431 g/mol. The van der Waals surface area contributed by atoms with Crippen LogP contribution in [0.25, 0.3) is 0 Å². The standard InChI is InChI=1S/C21H20F3N3O5/c1-12-6-8-26(9-7-12)16-5-2-13(10-17(16)27(30)31)21(29)32-11-18(28)25-15-4-3-14(22)19(23)20(15)24/h2-5,10,12H,6-9,11H2,1H3,(H,25,28). The van der Waals surface area contributed by atoms with Gasteiger partial charge in [-0.25, -0.2) is 18.0 Å². The first kappa shape index (κ1) is 23.0. The Labute approximate surface area is 181 Å². The third-order valence-corrected chi connectivity index (χ3v) is 5.18. The van der Waals surface area contributed by atoms with Gasteiger partial charge in [-0.05, 0) is 43.0 Å². The van der Waals surface area contributed by atoms with Crippen molar-refractivity contribution in [3.63, 3.8) is 0 Å². The highest BCUT2D eigenvalue weighted by Gasteiger charge is 2.25. The van der Waals surface area contributed by atoms with E-state index in [2.05, 4.69) is 6.92 Å². The molecule has 1 saturated heterocycles. The molecule has 1 N–H and O–H groups in total. The van der Waals surface area contributed by atoms with E-state index in [0.717, 1.165) is 25.0 Å². The number of ether oxygens (including phenoxy) is 1. The van der Waals surface area contributed by atoms with Crippen LogP contribution in [0.1, 0.15) is 30.1 Å². The van der Waals surface area contributed by atoms with Gasteiger partial charge in [-0.15, -0.1) is 0 Å². The molecule has 0 atom stereocenters. The maximum atomic E-state index is 13.6. The number of hydrogen-bond acceptors (Lipinski definition) is 6. The minimum Gasteiger partial charge on any atom is -0.452 e. The zero-order valence-electron chi connectivity index (χ0n) is 17.1. The number of nitrogens with zero attached hydrogens (tertiary/aromatic N) is 2. The van der Waals surface area contributed by atoms with Crippen LogP contribution in [-0.2, 0) is 9.53 Å². The zero-order chi connectivity index (χ0) is 23.4. The largest absolute Gasteiger partial charge is 0.452 e. The molecule has 1 amide bonds. The normalized spacial score (nSPS) is 14.2. The fourth-order valence-corrected chi connectivity index (χ4v) is 3.34. The maximum Gasteiger partial charge on any atom is 0.338 e. The van der Waals surface area contributed by atoms with Crippen molar-refractivity contribution < 1.29 is 32.4 Å². The summed E-state index contributed by atoms with van der Waals surface area (Å²) in [5.74, 6) is -6.25. The van der Waals surface area contributed by atoms with E-state index in [1.807, 2.05) is 10.2 Å². The molecule has 170 valence electrons. The van der Waals surface area contributed by atoms with Gasteiger partial charge >= 0.3 is 5.97 Å². The summed E-state index contributed by atoms with van der Waals surface area (Å²) in [7, 11) is 0. The number of anilines is 2. The number of esters is 1. The van der Waals surface area contributed by atoms with Gasteiger partial charge in [-0.3, -0.25) is 14.9 Å². The molecule has 0 spiro atoms. The van der Waals surface area contributed by atoms with Crippen molar-refractivity contribution in [2.75, 3.05) is 29.9 Å². The number of hydrogen-bond donors (Lipinski definition) is 1. The van der Waals surface area contributed by atoms with Crippen LogP contribution in [0.5, 0.6) is 0 Å². The van der Waals surface area contributed by atoms with Crippen LogP contribution in [0.2, 0.25) is 0 Å². The van der Waals surface area contributed by atoms with Gasteiger partial charge in [0.05, 0.1) is 16.2 Å². The average Bonchev–Trinajstić information content (AvgIpc) is 2.78. The van der Waals surface area contributed by atoms with Crippen LogP contribution >= 0.6 is 0 Å². The van der Waals surface area contributed by atoms with Crippen molar-refractivity contribution in [2.24, 2.45) is 5.92 Å². The molecule has 0 bridgehead atoms. The van der Waals surface area contributed by atoms with Crippen LogP contribution in [0.15, 0.2) is 30.3 Å². The number of carbonyl (C=O) groups is 2. The van der Waals surface area contributed by atoms with Gasteiger partial charge in [0.25, 0.3) is 11.6 Å². The summed E-state index contributed by atoms with van der Waals surface area (Å²) in [6.45, 7) is 2.57. The number of nitro groups is 1. The molecule has 0 aliphatic carbocycles. The van der Waals surface area contributed by atoms with E-state index >= 15 is 0 Å². The lowest BCUT2D eigenvalue weighted by atomic mass is 9.98. The molecule has 11 heteroatoms. The van der Waals surface area contributed by atoms with Gasteiger partial charge in [-0.1, -0.05) is 6.92 Å². The predicted octanol–water partition coefficient (Wildman–Crippen LogP) is 4.04. The molecule has 32 heavy (non-hydrogen) atoms. The van der Waals surface area contributed by atoms with Crippen LogP contribution in [-0.4, -0.2) is 36.5 Å². The van der Waals surface area contributed by atoms with Gasteiger partial charge in [0.15, 0.2) is 24.1 Å². The van der Waals surface area contributed by atoms with E-state index in [9.17, 15) is 32.9 Å². The fourth-order valence-electron chi connectivity index (χ4n) is 3.34. The third-order valence-electron chi connectivity index (χ3n) is 5.18. The lowest BCUT2D eigenvalue weighted by Crippen LogP contribution is -2.33. The Morgan fingerprint density at radius 1 is 1.16 bits per heavy atom. The van der Waals surface area contributed by atoms with Gasteiger partial charge in [-0.2, -0.15) is 0 Å². The maximum absolute atomic E-state index is 13.6. The highest BCUT2D eigenvalue weighted by atomic mass is 19.2. The third kappa shape index (κ3) is 5.16. The Bertz CT molecular complexity index is 1060. The summed E-state index contributed by atoms with van der Waals surface area (Å²) in [5, 5.41) is 13.5.